The Morgan fingerprint density at radius 1 is 0.783 bits per heavy atom. The van der Waals surface area contributed by atoms with E-state index in [1.165, 1.54) is 42.0 Å². The standard InChI is InChI=1S/C23H14NS.C18H24NSi.Ir/c1-2-8-16(9-3-1)17-13-14-18(20-11-6-7-15-24-20)23-22(17)19-10-4-5-12-21(19)25-23;1-14(2)11-16-12-17(15-9-7-6-8-10-15)19-13-18(16)20(3,4)5;/h1-13,15H;6-9,12-14H,11H2,1-5H3;/q2*-1;. The molecule has 0 unspecified atom stereocenters. The summed E-state index contributed by atoms with van der Waals surface area (Å²) in [4.78, 5) is 9.23. The van der Waals surface area contributed by atoms with Crippen LogP contribution in [0.3, 0.4) is 0 Å². The minimum Gasteiger partial charge on any atom is -0.305 e. The van der Waals surface area contributed by atoms with Crippen LogP contribution in [0.5, 0.6) is 0 Å². The number of thiophene rings is 1. The minimum atomic E-state index is -1.34. The monoisotopic (exact) mass is 811 g/mol. The van der Waals surface area contributed by atoms with Crippen LogP contribution < -0.4 is 5.19 Å². The summed E-state index contributed by atoms with van der Waals surface area (Å²) in [7, 11) is -1.34. The first-order valence-electron chi connectivity index (χ1n) is 15.6. The molecule has 0 spiro atoms. The van der Waals surface area contributed by atoms with Crippen molar-refractivity contribution < 1.29 is 20.1 Å². The van der Waals surface area contributed by atoms with E-state index in [4.69, 9.17) is 0 Å². The van der Waals surface area contributed by atoms with Crippen molar-refractivity contribution in [2.24, 2.45) is 5.92 Å². The van der Waals surface area contributed by atoms with Crippen LogP contribution in [-0.4, -0.2) is 18.0 Å². The summed E-state index contributed by atoms with van der Waals surface area (Å²) in [6, 6.07) is 44.4. The number of pyridine rings is 2. The molecule has 2 nitrogen and oxygen atoms in total. The van der Waals surface area contributed by atoms with Gasteiger partial charge in [0.1, 0.15) is 0 Å². The van der Waals surface area contributed by atoms with E-state index in [1.807, 2.05) is 47.9 Å². The van der Waals surface area contributed by atoms with Crippen molar-refractivity contribution in [2.45, 2.75) is 39.9 Å². The van der Waals surface area contributed by atoms with Gasteiger partial charge < -0.3 is 9.97 Å². The van der Waals surface area contributed by atoms with Crippen LogP contribution in [0.1, 0.15) is 19.4 Å². The van der Waals surface area contributed by atoms with Gasteiger partial charge in [-0.25, -0.2) is 0 Å². The van der Waals surface area contributed by atoms with E-state index in [2.05, 4.69) is 141 Å². The third-order valence-corrected chi connectivity index (χ3v) is 11.1. The number of hydrogen-bond acceptors (Lipinski definition) is 3. The predicted octanol–water partition coefficient (Wildman–Crippen LogP) is 10.9. The molecule has 0 bridgehead atoms. The summed E-state index contributed by atoms with van der Waals surface area (Å²) in [6.45, 7) is 11.7. The van der Waals surface area contributed by atoms with Crippen molar-refractivity contribution in [1.29, 1.82) is 0 Å². The molecule has 4 aromatic carbocycles. The van der Waals surface area contributed by atoms with Crippen LogP contribution in [0.2, 0.25) is 19.6 Å². The van der Waals surface area contributed by atoms with E-state index in [-0.39, 0.29) is 20.1 Å². The van der Waals surface area contributed by atoms with Crippen molar-refractivity contribution in [3.8, 4) is 33.6 Å². The number of hydrogen-bond donors (Lipinski definition) is 0. The van der Waals surface area contributed by atoms with Crippen molar-refractivity contribution in [3.05, 3.63) is 139 Å². The number of rotatable bonds is 6. The largest absolute Gasteiger partial charge is 0.305 e. The summed E-state index contributed by atoms with van der Waals surface area (Å²) in [6.07, 6.45) is 5.08. The van der Waals surface area contributed by atoms with E-state index in [0.717, 1.165) is 28.9 Å². The molecule has 0 saturated heterocycles. The Morgan fingerprint density at radius 2 is 1.52 bits per heavy atom. The molecule has 0 aliphatic heterocycles. The second-order valence-electron chi connectivity index (χ2n) is 12.8. The average molecular weight is 811 g/mol. The third-order valence-electron chi connectivity index (χ3n) is 7.87. The fourth-order valence-electron chi connectivity index (χ4n) is 5.80. The summed E-state index contributed by atoms with van der Waals surface area (Å²) in [5.74, 6) is 0.667. The maximum Gasteiger partial charge on any atom is 0.0798 e. The molecule has 46 heavy (non-hydrogen) atoms. The van der Waals surface area contributed by atoms with Crippen LogP contribution >= 0.6 is 11.3 Å². The Labute approximate surface area is 292 Å². The molecule has 0 saturated carbocycles. The average Bonchev–Trinajstić information content (AvgIpc) is 3.45. The van der Waals surface area contributed by atoms with E-state index in [1.54, 1.807) is 0 Å². The van der Waals surface area contributed by atoms with Gasteiger partial charge in [0.2, 0.25) is 0 Å². The molecule has 3 heterocycles. The number of nitrogens with zero attached hydrogens (tertiary/aromatic N) is 2. The fraction of sp³-hybridized carbons (Fsp3) is 0.171. The normalized spacial score (nSPS) is 11.3. The van der Waals surface area contributed by atoms with Crippen molar-refractivity contribution in [1.82, 2.24) is 9.97 Å². The smallest absolute Gasteiger partial charge is 0.0798 e. The Kier molecular flexibility index (Phi) is 10.8. The second kappa shape index (κ2) is 14.8. The van der Waals surface area contributed by atoms with Crippen LogP contribution in [-0.2, 0) is 26.5 Å². The summed E-state index contributed by atoms with van der Waals surface area (Å²) >= 11 is 1.82. The van der Waals surface area contributed by atoms with Crippen molar-refractivity contribution in [3.63, 3.8) is 0 Å². The third kappa shape index (κ3) is 7.45. The Hall–Kier alpha value is -3.73. The zero-order valence-electron chi connectivity index (χ0n) is 27.0. The van der Waals surface area contributed by atoms with E-state index >= 15 is 0 Å². The first kappa shape index (κ1) is 33.6. The van der Waals surface area contributed by atoms with Crippen LogP contribution in [0.4, 0.5) is 0 Å². The van der Waals surface area contributed by atoms with Gasteiger partial charge in [-0.1, -0.05) is 122 Å². The van der Waals surface area contributed by atoms with E-state index < -0.39 is 8.07 Å². The fourth-order valence-corrected chi connectivity index (χ4v) is 8.62. The minimum absolute atomic E-state index is 0. The van der Waals surface area contributed by atoms with Gasteiger partial charge in [0, 0.05) is 37.2 Å². The van der Waals surface area contributed by atoms with E-state index in [9.17, 15) is 0 Å². The molecule has 1 radical (unpaired) electrons. The Bertz CT molecular complexity index is 2030. The van der Waals surface area contributed by atoms with Crippen molar-refractivity contribution in [2.75, 3.05) is 0 Å². The number of aromatic nitrogens is 2. The van der Waals surface area contributed by atoms with Crippen LogP contribution in [0.25, 0.3) is 53.8 Å². The predicted molar refractivity (Wildman–Crippen MR) is 197 cm³/mol. The Morgan fingerprint density at radius 3 is 2.22 bits per heavy atom. The van der Waals surface area contributed by atoms with Gasteiger partial charge in [0.15, 0.2) is 0 Å². The van der Waals surface area contributed by atoms with Crippen LogP contribution in [0.15, 0.2) is 122 Å². The maximum absolute atomic E-state index is 4.69. The maximum atomic E-state index is 4.69. The van der Waals surface area contributed by atoms with Gasteiger partial charge in [-0.15, -0.1) is 53.6 Å². The molecule has 0 N–H and O–H groups in total. The quantitative estimate of drug-likeness (QED) is 0.124. The molecule has 7 rings (SSSR count). The van der Waals surface area contributed by atoms with E-state index in [0.29, 0.717) is 5.92 Å². The summed E-state index contributed by atoms with van der Waals surface area (Å²) in [5.41, 5.74) is 8.10. The molecule has 0 fully saturated rings. The van der Waals surface area contributed by atoms with Gasteiger partial charge in [-0.2, -0.15) is 11.3 Å². The zero-order valence-corrected chi connectivity index (χ0v) is 31.2. The SMILES string of the molecule is CC(C)Cc1cc(-c2[c-]cccc2)ncc1[Si](C)(C)C.[Ir].[c-]1cc(-c2ccccc2)c2c(sc3ccccc32)c1-c1ccccn1. The molecule has 0 atom stereocenters. The summed E-state index contributed by atoms with van der Waals surface area (Å²) < 4.78 is 2.55. The summed E-state index contributed by atoms with van der Waals surface area (Å²) in [5, 5.41) is 4.09. The van der Waals surface area contributed by atoms with Crippen molar-refractivity contribution >= 4 is 44.8 Å². The molecule has 0 amide bonds. The molecule has 0 aliphatic carbocycles. The van der Waals surface area contributed by atoms with Gasteiger partial charge in [-0.3, -0.25) is 0 Å². The molecule has 0 aliphatic rings. The Balaban J connectivity index is 0.000000182. The molecular formula is C41H38IrN2SSi-2. The number of benzene rings is 4. The molecule has 7 aromatic rings. The number of fused-ring (bicyclic) bond motifs is 3. The van der Waals surface area contributed by atoms with Gasteiger partial charge in [-0.05, 0) is 51.1 Å². The molecule has 5 heteroatoms. The molecule has 3 aromatic heterocycles. The van der Waals surface area contributed by atoms with Gasteiger partial charge in [0.25, 0.3) is 0 Å². The first-order chi connectivity index (χ1) is 21.8. The molecular weight excluding hydrogens is 773 g/mol. The zero-order chi connectivity index (χ0) is 31.4. The van der Waals surface area contributed by atoms with Crippen LogP contribution in [0, 0.1) is 18.1 Å². The first-order valence-corrected chi connectivity index (χ1v) is 19.9. The second-order valence-corrected chi connectivity index (χ2v) is 18.9. The topological polar surface area (TPSA) is 25.8 Å². The van der Waals surface area contributed by atoms with Gasteiger partial charge >= 0.3 is 0 Å². The molecule has 233 valence electrons. The van der Waals surface area contributed by atoms with Gasteiger partial charge in [0.05, 0.1) is 8.07 Å².